The zero-order chi connectivity index (χ0) is 24.5. The minimum atomic E-state index is -3.15. The van der Waals surface area contributed by atoms with Gasteiger partial charge in [-0.2, -0.15) is 24.1 Å². The number of hydrazone groups is 2. The van der Waals surface area contributed by atoms with Gasteiger partial charge in [0.05, 0.1) is 12.3 Å². The zero-order valence-electron chi connectivity index (χ0n) is 18.8. The highest BCUT2D eigenvalue weighted by atomic mass is 19.3. The number of amides is 1. The molecule has 0 aliphatic heterocycles. The average Bonchev–Trinajstić information content (AvgIpc) is 3.28. The maximum atomic E-state index is 13.1. The molecule has 182 valence electrons. The maximum Gasteiger partial charge on any atom is 0.315 e. The number of nitrogens with zero attached hydrogens (tertiary/aromatic N) is 4. The third-order valence-electron chi connectivity index (χ3n) is 5.44. The van der Waals surface area contributed by atoms with Crippen molar-refractivity contribution in [3.8, 4) is 5.75 Å². The predicted molar refractivity (Wildman–Crippen MR) is 125 cm³/mol. The van der Waals surface area contributed by atoms with E-state index in [4.69, 9.17) is 4.74 Å². The van der Waals surface area contributed by atoms with E-state index in [9.17, 15) is 18.0 Å². The highest BCUT2D eigenvalue weighted by molar-refractivity contribution is 5.92. The van der Waals surface area contributed by atoms with Gasteiger partial charge in [0.1, 0.15) is 23.1 Å². The number of alkyl halides is 2. The van der Waals surface area contributed by atoms with Crippen LogP contribution in [0.3, 0.4) is 0 Å². The number of halogens is 3. The largest absolute Gasteiger partial charge is 0.493 e. The van der Waals surface area contributed by atoms with Gasteiger partial charge in [0.25, 0.3) is 5.91 Å². The molecule has 0 bridgehead atoms. The van der Waals surface area contributed by atoms with E-state index < -0.39 is 12.3 Å². The summed E-state index contributed by atoms with van der Waals surface area (Å²) in [6.45, 7) is 5.96. The molecule has 34 heavy (non-hydrogen) atoms. The first-order chi connectivity index (χ1) is 16.4. The molecule has 2 aromatic rings. The first-order valence-electron chi connectivity index (χ1n) is 10.9. The van der Waals surface area contributed by atoms with Gasteiger partial charge in [-0.05, 0) is 56.2 Å². The van der Waals surface area contributed by atoms with Crippen molar-refractivity contribution in [2.24, 2.45) is 16.1 Å². The van der Waals surface area contributed by atoms with Crippen LogP contribution < -0.4 is 20.5 Å². The Kier molecular flexibility index (Phi) is 8.97. The van der Waals surface area contributed by atoms with Crippen LogP contribution in [0.5, 0.6) is 5.75 Å². The Labute approximate surface area is 195 Å². The van der Waals surface area contributed by atoms with E-state index in [-0.39, 0.29) is 30.1 Å². The van der Waals surface area contributed by atoms with Crippen LogP contribution in [0.1, 0.15) is 31.9 Å². The van der Waals surface area contributed by atoms with Crippen molar-refractivity contribution in [2.45, 2.75) is 45.2 Å². The minimum Gasteiger partial charge on any atom is -0.493 e. The topological polar surface area (TPSA) is 91.2 Å². The number of benzene rings is 1. The third-order valence-corrected chi connectivity index (χ3v) is 5.44. The summed E-state index contributed by atoms with van der Waals surface area (Å²) in [5.41, 5.74) is 0.947. The molecule has 2 atom stereocenters. The van der Waals surface area contributed by atoms with Crippen molar-refractivity contribution < 1.29 is 22.7 Å². The number of carbonyl (C=O) groups excluding carboxylic acids is 1. The standard InChI is InChI=1S/C23H27F3N6O2/c1-3-29-32(27-2)20-11-12-21(31-23(33)22(25)26)30-19(20)13-28-18-6-4-5-15(18)14-34-17-9-7-16(24)8-10-17/h3,7-12,15,18,22,28H,2,4-6,13-14H2,1H3,(H,30,31,33)/b29-3-/t15-,18+/m1/s1. The lowest BCUT2D eigenvalue weighted by Crippen LogP contribution is -2.35. The number of hydrogen-bond donors (Lipinski definition) is 2. The highest BCUT2D eigenvalue weighted by Crippen LogP contribution is 2.28. The van der Waals surface area contributed by atoms with Crippen LogP contribution in [-0.4, -0.2) is 42.9 Å². The molecule has 0 spiro atoms. The van der Waals surface area contributed by atoms with E-state index >= 15 is 0 Å². The maximum absolute atomic E-state index is 13.1. The van der Waals surface area contributed by atoms with E-state index in [0.29, 0.717) is 23.7 Å². The summed E-state index contributed by atoms with van der Waals surface area (Å²) in [5.74, 6) is -0.934. The van der Waals surface area contributed by atoms with Gasteiger partial charge in [-0.25, -0.2) is 9.37 Å². The zero-order valence-corrected chi connectivity index (χ0v) is 18.8. The summed E-state index contributed by atoms with van der Waals surface area (Å²) in [5, 5.41) is 14.8. The second kappa shape index (κ2) is 12.1. The van der Waals surface area contributed by atoms with Crippen molar-refractivity contribution >= 4 is 30.3 Å². The van der Waals surface area contributed by atoms with E-state index in [1.54, 1.807) is 25.1 Å². The Morgan fingerprint density at radius 3 is 2.74 bits per heavy atom. The Bertz CT molecular complexity index is 1000. The molecule has 1 aliphatic carbocycles. The van der Waals surface area contributed by atoms with Gasteiger partial charge >= 0.3 is 6.43 Å². The molecular weight excluding hydrogens is 449 g/mol. The molecule has 0 unspecified atom stereocenters. The summed E-state index contributed by atoms with van der Waals surface area (Å²) in [7, 11) is 0. The molecule has 1 heterocycles. The minimum absolute atomic E-state index is 0.00189. The Morgan fingerprint density at radius 1 is 1.29 bits per heavy atom. The molecule has 2 N–H and O–H groups in total. The number of aromatic nitrogens is 1. The molecule has 1 amide bonds. The predicted octanol–water partition coefficient (Wildman–Crippen LogP) is 4.19. The fraction of sp³-hybridized carbons (Fsp3) is 0.391. The number of carbonyl (C=O) groups is 1. The Hall–Kier alpha value is -3.47. The lowest BCUT2D eigenvalue weighted by atomic mass is 10.0. The van der Waals surface area contributed by atoms with E-state index in [2.05, 4.69) is 32.5 Å². The smallest absolute Gasteiger partial charge is 0.315 e. The molecule has 1 saturated carbocycles. The fourth-order valence-electron chi connectivity index (χ4n) is 3.81. The molecule has 1 fully saturated rings. The summed E-state index contributed by atoms with van der Waals surface area (Å²) in [6.07, 6.45) is 1.27. The normalized spacial score (nSPS) is 17.8. The summed E-state index contributed by atoms with van der Waals surface area (Å²) < 4.78 is 44.2. The van der Waals surface area contributed by atoms with E-state index in [1.165, 1.54) is 29.5 Å². The van der Waals surface area contributed by atoms with Gasteiger partial charge in [-0.1, -0.05) is 6.42 Å². The second-order valence-electron chi connectivity index (χ2n) is 7.70. The van der Waals surface area contributed by atoms with Crippen molar-refractivity contribution in [3.63, 3.8) is 0 Å². The molecule has 1 aliphatic rings. The Morgan fingerprint density at radius 2 is 2.06 bits per heavy atom. The first kappa shape index (κ1) is 25.2. The van der Waals surface area contributed by atoms with Crippen LogP contribution in [0.15, 0.2) is 46.6 Å². The van der Waals surface area contributed by atoms with Crippen LogP contribution >= 0.6 is 0 Å². The van der Waals surface area contributed by atoms with Crippen molar-refractivity contribution in [2.75, 3.05) is 17.0 Å². The molecule has 8 nitrogen and oxygen atoms in total. The van der Waals surface area contributed by atoms with Gasteiger partial charge in [0.15, 0.2) is 0 Å². The Balaban J connectivity index is 1.71. The number of anilines is 2. The average molecular weight is 477 g/mol. The lowest BCUT2D eigenvalue weighted by Gasteiger charge is -2.23. The number of rotatable bonds is 11. The van der Waals surface area contributed by atoms with Crippen molar-refractivity contribution in [1.82, 2.24) is 10.3 Å². The lowest BCUT2D eigenvalue weighted by molar-refractivity contribution is -0.126. The van der Waals surface area contributed by atoms with Gasteiger partial charge in [-0.15, -0.1) is 0 Å². The van der Waals surface area contributed by atoms with Crippen LogP contribution in [0.4, 0.5) is 24.7 Å². The number of hydrogen-bond acceptors (Lipinski definition) is 7. The molecular formula is C23H27F3N6O2. The highest BCUT2D eigenvalue weighted by Gasteiger charge is 2.28. The number of nitrogens with one attached hydrogen (secondary N) is 2. The summed E-state index contributed by atoms with van der Waals surface area (Å²) in [6, 6.07) is 8.98. The van der Waals surface area contributed by atoms with Crippen LogP contribution in [-0.2, 0) is 11.3 Å². The number of ether oxygens (including phenoxy) is 1. The summed E-state index contributed by atoms with van der Waals surface area (Å²) >= 11 is 0. The molecule has 0 radical (unpaired) electrons. The van der Waals surface area contributed by atoms with Gasteiger partial charge < -0.3 is 15.4 Å². The second-order valence-corrected chi connectivity index (χ2v) is 7.70. The van der Waals surface area contributed by atoms with Crippen LogP contribution in [0.2, 0.25) is 0 Å². The van der Waals surface area contributed by atoms with E-state index in [0.717, 1.165) is 19.3 Å². The third kappa shape index (κ3) is 6.77. The quantitative estimate of drug-likeness (QED) is 0.375. The molecule has 1 aromatic heterocycles. The van der Waals surface area contributed by atoms with Gasteiger partial charge in [-0.3, -0.25) is 4.79 Å². The van der Waals surface area contributed by atoms with Crippen molar-refractivity contribution in [3.05, 3.63) is 47.9 Å². The van der Waals surface area contributed by atoms with Gasteiger partial charge in [0, 0.05) is 31.4 Å². The monoisotopic (exact) mass is 476 g/mol. The van der Waals surface area contributed by atoms with Gasteiger partial charge in [0.2, 0.25) is 0 Å². The van der Waals surface area contributed by atoms with Crippen molar-refractivity contribution in [1.29, 1.82) is 0 Å². The SMILES string of the molecule is C=NN(/N=C\C)c1ccc(NC(=O)C(F)F)nc1CN[C@H]1CCC[C@@H]1COc1ccc(F)cc1. The van der Waals surface area contributed by atoms with Crippen LogP contribution in [0.25, 0.3) is 0 Å². The molecule has 0 saturated heterocycles. The number of pyridine rings is 1. The fourth-order valence-corrected chi connectivity index (χ4v) is 3.81. The molecule has 1 aromatic carbocycles. The first-order valence-corrected chi connectivity index (χ1v) is 10.9. The van der Waals surface area contributed by atoms with E-state index in [1.807, 2.05) is 0 Å². The van der Waals surface area contributed by atoms with Crippen LogP contribution in [0, 0.1) is 11.7 Å². The summed E-state index contributed by atoms with van der Waals surface area (Å²) in [4.78, 5) is 15.7. The molecule has 11 heteroatoms. The molecule has 3 rings (SSSR count).